The van der Waals surface area contributed by atoms with E-state index in [2.05, 4.69) is 24.6 Å². The van der Waals surface area contributed by atoms with Gasteiger partial charge in [0.15, 0.2) is 0 Å². The highest BCUT2D eigenvalue weighted by atomic mass is 28.3. The number of nitrogens with zero attached hydrogens (tertiary/aromatic N) is 1. The van der Waals surface area contributed by atoms with Crippen LogP contribution in [0.1, 0.15) is 0 Å². The van der Waals surface area contributed by atoms with E-state index >= 15 is 0 Å². The van der Waals surface area contributed by atoms with Gasteiger partial charge in [-0.3, -0.25) is 10.1 Å². The molecule has 14 heavy (non-hydrogen) atoms. The fourth-order valence-electron chi connectivity index (χ4n) is 1.10. The van der Waals surface area contributed by atoms with E-state index < -0.39 is 13.2 Å². The molecule has 0 aliphatic carbocycles. The lowest BCUT2D eigenvalue weighted by atomic mass is 10.3. The first-order valence-electron chi connectivity index (χ1n) is 4.41. The fourth-order valence-corrected chi connectivity index (χ4v) is 2.13. The fraction of sp³-hybridized carbons (Fsp3) is 0.333. The predicted octanol–water partition coefficient (Wildman–Crippen LogP) is 2.84. The highest BCUT2D eigenvalue weighted by Gasteiger charge is 2.13. The summed E-state index contributed by atoms with van der Waals surface area (Å²) in [6.07, 6.45) is 0. The number of nitro benzene ring substituents is 1. The highest BCUT2D eigenvalue weighted by molar-refractivity contribution is 6.79. The van der Waals surface area contributed by atoms with Crippen molar-refractivity contribution < 1.29 is 4.92 Å². The number of rotatable bonds is 3. The van der Waals surface area contributed by atoms with Crippen LogP contribution in [-0.2, 0) is 0 Å². The van der Waals surface area contributed by atoms with Gasteiger partial charge in [0.1, 0.15) is 8.24 Å². The molecule has 76 valence electrons. The Morgan fingerprint density at radius 2 is 1.71 bits per heavy atom. The van der Waals surface area contributed by atoms with Crippen LogP contribution in [0, 0.1) is 10.1 Å². The predicted molar refractivity (Wildman–Crippen MR) is 60.1 cm³/mol. The molecule has 0 aromatic heterocycles. The number of non-ortho nitro benzene ring substituents is 1. The number of anilines is 1. The Hall–Kier alpha value is -1.36. The number of nitro groups is 1. The largest absolute Gasteiger partial charge is 0.411 e. The number of hydrogen-bond acceptors (Lipinski definition) is 3. The van der Waals surface area contributed by atoms with Gasteiger partial charge in [-0.1, -0.05) is 19.6 Å². The molecule has 0 heterocycles. The van der Waals surface area contributed by atoms with Crippen LogP contribution in [0.4, 0.5) is 11.4 Å². The van der Waals surface area contributed by atoms with Crippen LogP contribution in [-0.4, -0.2) is 13.2 Å². The van der Waals surface area contributed by atoms with Crippen molar-refractivity contribution in [3.05, 3.63) is 34.4 Å². The molecular weight excluding hydrogens is 196 g/mol. The first kappa shape index (κ1) is 10.7. The van der Waals surface area contributed by atoms with Crippen molar-refractivity contribution in [2.75, 3.05) is 4.98 Å². The Bertz CT molecular complexity index is 330. The maximum absolute atomic E-state index is 10.4. The van der Waals surface area contributed by atoms with Crippen molar-refractivity contribution in [3.63, 3.8) is 0 Å². The van der Waals surface area contributed by atoms with Gasteiger partial charge in [0.25, 0.3) is 5.69 Å². The van der Waals surface area contributed by atoms with E-state index in [9.17, 15) is 10.1 Å². The van der Waals surface area contributed by atoms with Gasteiger partial charge in [-0.25, -0.2) is 0 Å². The van der Waals surface area contributed by atoms with Gasteiger partial charge in [0, 0.05) is 17.8 Å². The minimum absolute atomic E-state index is 0.131. The van der Waals surface area contributed by atoms with Gasteiger partial charge in [-0.05, 0) is 12.1 Å². The molecule has 0 bridgehead atoms. The van der Waals surface area contributed by atoms with Crippen molar-refractivity contribution in [2.24, 2.45) is 0 Å². The molecule has 0 fully saturated rings. The van der Waals surface area contributed by atoms with Crippen molar-refractivity contribution in [1.82, 2.24) is 0 Å². The van der Waals surface area contributed by atoms with Crippen molar-refractivity contribution in [2.45, 2.75) is 19.6 Å². The molecule has 5 heteroatoms. The van der Waals surface area contributed by atoms with Crippen LogP contribution in [0.15, 0.2) is 24.3 Å². The van der Waals surface area contributed by atoms with Crippen LogP contribution in [0.3, 0.4) is 0 Å². The van der Waals surface area contributed by atoms with E-state index in [1.54, 1.807) is 12.1 Å². The average molecular weight is 210 g/mol. The number of benzene rings is 1. The molecular formula is C9H14N2O2Si. The molecule has 0 unspecified atom stereocenters. The molecule has 0 aliphatic rings. The summed E-state index contributed by atoms with van der Waals surface area (Å²) in [6.45, 7) is 6.53. The van der Waals surface area contributed by atoms with Gasteiger partial charge in [0.05, 0.1) is 4.92 Å². The van der Waals surface area contributed by atoms with Crippen LogP contribution in [0.2, 0.25) is 19.6 Å². The van der Waals surface area contributed by atoms with Gasteiger partial charge in [0.2, 0.25) is 0 Å². The molecule has 0 aliphatic heterocycles. The summed E-state index contributed by atoms with van der Waals surface area (Å²) in [7, 11) is -1.36. The summed E-state index contributed by atoms with van der Waals surface area (Å²) in [5.41, 5.74) is 1.08. The second kappa shape index (κ2) is 3.79. The molecule has 1 aromatic rings. The first-order valence-corrected chi connectivity index (χ1v) is 7.91. The molecule has 1 N–H and O–H groups in total. The van der Waals surface area contributed by atoms with E-state index in [0.717, 1.165) is 5.69 Å². The minimum atomic E-state index is -1.36. The Labute approximate surface area is 84.2 Å². The van der Waals surface area contributed by atoms with E-state index in [-0.39, 0.29) is 5.69 Å². The summed E-state index contributed by atoms with van der Waals surface area (Å²) in [6, 6.07) is 6.53. The third-order valence-corrected chi connectivity index (χ3v) is 2.64. The molecule has 0 spiro atoms. The highest BCUT2D eigenvalue weighted by Crippen LogP contribution is 2.17. The SMILES string of the molecule is C[Si](C)(C)Nc1ccc([N+](=O)[O-])cc1. The van der Waals surface area contributed by atoms with Gasteiger partial charge >= 0.3 is 0 Å². The maximum atomic E-state index is 10.4. The summed E-state index contributed by atoms with van der Waals surface area (Å²) in [5.74, 6) is 0. The van der Waals surface area contributed by atoms with Crippen molar-refractivity contribution in [1.29, 1.82) is 0 Å². The van der Waals surface area contributed by atoms with Crippen LogP contribution >= 0.6 is 0 Å². The molecule has 0 atom stereocenters. The van der Waals surface area contributed by atoms with E-state index in [4.69, 9.17) is 0 Å². The second-order valence-electron chi connectivity index (χ2n) is 4.18. The molecule has 4 nitrogen and oxygen atoms in total. The molecule has 1 rings (SSSR count). The number of hydrogen-bond donors (Lipinski definition) is 1. The second-order valence-corrected chi connectivity index (χ2v) is 8.93. The normalized spacial score (nSPS) is 11.1. The lowest BCUT2D eigenvalue weighted by molar-refractivity contribution is -0.384. The quantitative estimate of drug-likeness (QED) is 0.474. The third kappa shape index (κ3) is 3.18. The Morgan fingerprint density at radius 1 is 1.21 bits per heavy atom. The van der Waals surface area contributed by atoms with Gasteiger partial charge < -0.3 is 4.98 Å². The monoisotopic (exact) mass is 210 g/mol. The molecule has 1 aromatic carbocycles. The number of nitrogens with one attached hydrogen (secondary N) is 1. The van der Waals surface area contributed by atoms with Crippen LogP contribution < -0.4 is 4.98 Å². The third-order valence-electron chi connectivity index (χ3n) is 1.60. The van der Waals surface area contributed by atoms with Crippen LogP contribution in [0.5, 0.6) is 0 Å². The molecule has 0 saturated carbocycles. The minimum Gasteiger partial charge on any atom is -0.411 e. The zero-order chi connectivity index (χ0) is 10.8. The van der Waals surface area contributed by atoms with Crippen LogP contribution in [0.25, 0.3) is 0 Å². The summed E-state index contributed by atoms with van der Waals surface area (Å²) < 4.78 is 0. The lowest BCUT2D eigenvalue weighted by Gasteiger charge is -2.19. The Balaban J connectivity index is 2.79. The zero-order valence-electron chi connectivity index (χ0n) is 8.57. The van der Waals surface area contributed by atoms with E-state index in [1.165, 1.54) is 12.1 Å². The molecule has 0 amide bonds. The standard InChI is InChI=1S/C9H14N2O2Si/c1-14(2,3)10-8-4-6-9(7-5-8)11(12)13/h4-7,10H,1-3H3. The van der Waals surface area contributed by atoms with Gasteiger partial charge in [-0.15, -0.1) is 0 Å². The zero-order valence-corrected chi connectivity index (χ0v) is 9.57. The maximum Gasteiger partial charge on any atom is 0.269 e. The van der Waals surface area contributed by atoms with Crippen molar-refractivity contribution >= 4 is 19.6 Å². The first-order chi connectivity index (χ1) is 6.38. The lowest BCUT2D eigenvalue weighted by Crippen LogP contribution is -2.32. The van der Waals surface area contributed by atoms with Gasteiger partial charge in [-0.2, -0.15) is 0 Å². The molecule has 0 saturated heterocycles. The van der Waals surface area contributed by atoms with E-state index in [0.29, 0.717) is 0 Å². The van der Waals surface area contributed by atoms with E-state index in [1.807, 2.05) is 0 Å². The summed E-state index contributed by atoms with van der Waals surface area (Å²) in [4.78, 5) is 13.4. The van der Waals surface area contributed by atoms with Crippen molar-refractivity contribution in [3.8, 4) is 0 Å². The summed E-state index contributed by atoms with van der Waals surface area (Å²) in [5, 5.41) is 10.4. The Kier molecular flexibility index (Phi) is 2.90. The summed E-state index contributed by atoms with van der Waals surface area (Å²) >= 11 is 0. The topological polar surface area (TPSA) is 55.2 Å². The average Bonchev–Trinajstić information content (AvgIpc) is 2.02. The smallest absolute Gasteiger partial charge is 0.269 e. The molecule has 0 radical (unpaired) electrons. The Morgan fingerprint density at radius 3 is 2.07 bits per heavy atom.